The summed E-state index contributed by atoms with van der Waals surface area (Å²) in [6, 6.07) is 8.60. The summed E-state index contributed by atoms with van der Waals surface area (Å²) in [6.45, 7) is 6.60. The van der Waals surface area contributed by atoms with Crippen molar-refractivity contribution >= 4 is 23.3 Å². The number of nitrogens with one attached hydrogen (secondary N) is 1. The van der Waals surface area contributed by atoms with E-state index in [0.29, 0.717) is 13.0 Å². The second kappa shape index (κ2) is 17.7. The van der Waals surface area contributed by atoms with Crippen molar-refractivity contribution in [1.82, 2.24) is 15.2 Å². The molecule has 0 bridgehead atoms. The van der Waals surface area contributed by atoms with Crippen LogP contribution < -0.4 is 10.1 Å². The Labute approximate surface area is 215 Å². The van der Waals surface area contributed by atoms with Crippen molar-refractivity contribution in [3.05, 3.63) is 36.0 Å². The molecule has 0 saturated carbocycles. The molecule has 8 nitrogen and oxygen atoms in total. The van der Waals surface area contributed by atoms with E-state index in [2.05, 4.69) is 40.3 Å². The number of hydrogen-bond acceptors (Lipinski definition) is 6. The summed E-state index contributed by atoms with van der Waals surface area (Å²) in [6.07, 6.45) is 11.1. The van der Waals surface area contributed by atoms with Gasteiger partial charge in [0.15, 0.2) is 0 Å². The lowest BCUT2D eigenvalue weighted by molar-refractivity contribution is -0.123. The summed E-state index contributed by atoms with van der Waals surface area (Å²) in [5, 5.41) is 11.1. The molecule has 1 aromatic heterocycles. The summed E-state index contributed by atoms with van der Waals surface area (Å²) in [7, 11) is 1.66. The third kappa shape index (κ3) is 10.9. The van der Waals surface area contributed by atoms with Gasteiger partial charge in [-0.1, -0.05) is 19.4 Å². The van der Waals surface area contributed by atoms with E-state index in [-0.39, 0.29) is 18.5 Å². The van der Waals surface area contributed by atoms with Crippen molar-refractivity contribution in [2.75, 3.05) is 39.9 Å². The minimum atomic E-state index is -0.250. The molecule has 2 N–H and O–H groups in total. The third-order valence-corrected chi connectivity index (χ3v) is 6.35. The number of aromatic nitrogens is 1. The van der Waals surface area contributed by atoms with E-state index in [1.54, 1.807) is 7.11 Å². The van der Waals surface area contributed by atoms with E-state index >= 15 is 0 Å². The average molecular weight is 502 g/mol. The number of hydrogen-bond donors (Lipinski definition) is 2. The molecular weight excluding hydrogens is 458 g/mol. The Morgan fingerprint density at radius 1 is 1.22 bits per heavy atom. The van der Waals surface area contributed by atoms with Crippen LogP contribution in [-0.2, 0) is 20.7 Å². The van der Waals surface area contributed by atoms with Crippen LogP contribution in [0.5, 0.6) is 5.75 Å². The summed E-state index contributed by atoms with van der Waals surface area (Å²) in [4.78, 5) is 27.2. The highest BCUT2D eigenvalue weighted by Gasteiger charge is 2.21. The molecule has 8 heteroatoms. The number of piperidine rings is 1. The zero-order chi connectivity index (χ0) is 26.0. The van der Waals surface area contributed by atoms with Gasteiger partial charge in [-0.3, -0.25) is 14.6 Å². The summed E-state index contributed by atoms with van der Waals surface area (Å²) >= 11 is 0. The van der Waals surface area contributed by atoms with Crippen LogP contribution in [0.2, 0.25) is 0 Å². The highest BCUT2D eigenvalue weighted by molar-refractivity contribution is 5.85. The van der Waals surface area contributed by atoms with Gasteiger partial charge in [-0.2, -0.15) is 0 Å². The number of likely N-dealkylation sites (tertiary alicyclic amines) is 1. The first-order valence-electron chi connectivity index (χ1n) is 13.2. The minimum absolute atomic E-state index is 0.130. The number of rotatable bonds is 14. The molecule has 0 spiro atoms. The molecule has 2 aromatic rings. The van der Waals surface area contributed by atoms with Gasteiger partial charge < -0.3 is 24.8 Å². The lowest BCUT2D eigenvalue weighted by atomic mass is 10.0. The molecule has 200 valence electrons. The van der Waals surface area contributed by atoms with E-state index in [1.807, 2.05) is 12.3 Å². The van der Waals surface area contributed by atoms with Crippen LogP contribution >= 0.6 is 0 Å². The summed E-state index contributed by atoms with van der Waals surface area (Å²) in [5.74, 6) is 1.07. The van der Waals surface area contributed by atoms with Crippen LogP contribution in [-0.4, -0.2) is 73.4 Å². The first kappa shape index (κ1) is 29.5. The second-order valence-corrected chi connectivity index (χ2v) is 9.19. The lowest BCUT2D eigenvalue weighted by Crippen LogP contribution is -2.39. The van der Waals surface area contributed by atoms with Crippen molar-refractivity contribution in [2.24, 2.45) is 0 Å². The van der Waals surface area contributed by atoms with Crippen molar-refractivity contribution in [1.29, 1.82) is 0 Å². The normalized spacial score (nSPS) is 14.2. The maximum absolute atomic E-state index is 11.7. The van der Waals surface area contributed by atoms with Crippen molar-refractivity contribution in [3.63, 3.8) is 0 Å². The molecule has 36 heavy (non-hydrogen) atoms. The zero-order valence-corrected chi connectivity index (χ0v) is 21.9. The third-order valence-electron chi connectivity index (χ3n) is 6.35. The molecule has 1 amide bonds. The van der Waals surface area contributed by atoms with E-state index in [1.165, 1.54) is 23.8 Å². The van der Waals surface area contributed by atoms with Gasteiger partial charge in [0.2, 0.25) is 5.91 Å². The number of carbonyl (C=O) groups is 2. The van der Waals surface area contributed by atoms with Gasteiger partial charge in [0.05, 0.1) is 0 Å². The van der Waals surface area contributed by atoms with E-state index in [9.17, 15) is 4.79 Å². The van der Waals surface area contributed by atoms with E-state index in [4.69, 9.17) is 19.4 Å². The largest absolute Gasteiger partial charge is 0.488 e. The molecule has 0 aliphatic carbocycles. The number of ether oxygens (including phenoxy) is 2. The van der Waals surface area contributed by atoms with E-state index < -0.39 is 0 Å². The predicted octanol–water partition coefficient (Wildman–Crippen LogP) is 4.44. The van der Waals surface area contributed by atoms with Crippen molar-refractivity contribution < 1.29 is 24.2 Å². The van der Waals surface area contributed by atoms with Gasteiger partial charge in [-0.05, 0) is 75.3 Å². The van der Waals surface area contributed by atoms with Gasteiger partial charge >= 0.3 is 0 Å². The van der Waals surface area contributed by atoms with Crippen LogP contribution in [0, 0.1) is 0 Å². The van der Waals surface area contributed by atoms with Crippen LogP contribution in [0.1, 0.15) is 63.9 Å². The van der Waals surface area contributed by atoms with Crippen molar-refractivity contribution in [2.45, 2.75) is 70.8 Å². The maximum atomic E-state index is 11.7. The average Bonchev–Trinajstić information content (AvgIpc) is 2.89. The molecule has 0 unspecified atom stereocenters. The quantitative estimate of drug-likeness (QED) is 0.291. The number of nitrogens with zero attached hydrogens (tertiary/aromatic N) is 2. The Balaban J connectivity index is 0.00000145. The number of benzene rings is 1. The Morgan fingerprint density at radius 2 is 2.00 bits per heavy atom. The van der Waals surface area contributed by atoms with Crippen LogP contribution in [0.15, 0.2) is 30.5 Å². The van der Waals surface area contributed by atoms with Crippen LogP contribution in [0.25, 0.3) is 10.9 Å². The van der Waals surface area contributed by atoms with Gasteiger partial charge in [0.1, 0.15) is 17.4 Å². The molecule has 0 radical (unpaired) electrons. The lowest BCUT2D eigenvalue weighted by Gasteiger charge is -2.32. The van der Waals surface area contributed by atoms with E-state index in [0.717, 1.165) is 76.0 Å². The number of fused-ring (bicyclic) bond motifs is 1. The minimum Gasteiger partial charge on any atom is -0.488 e. The van der Waals surface area contributed by atoms with Crippen molar-refractivity contribution in [3.8, 4) is 5.75 Å². The summed E-state index contributed by atoms with van der Waals surface area (Å²) in [5.41, 5.74) is 2.32. The van der Waals surface area contributed by atoms with Gasteiger partial charge in [0.25, 0.3) is 6.47 Å². The molecule has 1 saturated heterocycles. The number of carbonyl (C=O) groups excluding carboxylic acids is 1. The molecule has 1 aromatic carbocycles. The number of amides is 1. The highest BCUT2D eigenvalue weighted by atomic mass is 16.5. The number of aryl methyl sites for hydroxylation is 1. The predicted molar refractivity (Wildman–Crippen MR) is 142 cm³/mol. The second-order valence-electron chi connectivity index (χ2n) is 9.19. The molecule has 1 fully saturated rings. The van der Waals surface area contributed by atoms with Gasteiger partial charge in [0, 0.05) is 51.4 Å². The first-order chi connectivity index (χ1) is 17.6. The first-order valence-corrected chi connectivity index (χ1v) is 13.2. The molecule has 2 heterocycles. The standard InChI is InChI=1S/C27H41N3O3.CH2O2/c1-3-4-9-22-20-23-10-7-15-29-27(23)25(21-22)33-24-12-17-30(18-13-24)16-6-5-14-28-26(31)11-8-19-32-2;2-1-3/h7,10,15,20-21,24H,3-6,8-9,11-14,16-19H2,1-2H3,(H,28,31);1H,(H,2,3). The smallest absolute Gasteiger partial charge is 0.290 e. The molecule has 0 atom stereocenters. The molecule has 1 aliphatic rings. The topological polar surface area (TPSA) is 101 Å². The highest BCUT2D eigenvalue weighted by Crippen LogP contribution is 2.29. The van der Waals surface area contributed by atoms with Gasteiger partial charge in [-0.15, -0.1) is 0 Å². The fourth-order valence-electron chi connectivity index (χ4n) is 4.42. The number of unbranched alkanes of at least 4 members (excludes halogenated alkanes) is 2. The van der Waals surface area contributed by atoms with Crippen LogP contribution in [0.4, 0.5) is 0 Å². The molecule has 1 aliphatic heterocycles. The fraction of sp³-hybridized carbons (Fsp3) is 0.607. The fourth-order valence-corrected chi connectivity index (χ4v) is 4.42. The molecular formula is C28H43N3O5. The number of carboxylic acid groups (broad SMARTS) is 1. The van der Waals surface area contributed by atoms with Crippen LogP contribution in [0.3, 0.4) is 0 Å². The Hall–Kier alpha value is -2.71. The molecule has 3 rings (SSSR count). The Bertz CT molecular complexity index is 900. The SMILES string of the molecule is CCCCc1cc(OC2CCN(CCCCNC(=O)CCCOC)CC2)c2ncccc2c1.O=CO. The number of methoxy groups -OCH3 is 1. The Morgan fingerprint density at radius 3 is 2.72 bits per heavy atom. The summed E-state index contributed by atoms with van der Waals surface area (Å²) < 4.78 is 11.5. The van der Waals surface area contributed by atoms with Gasteiger partial charge in [-0.25, -0.2) is 0 Å². The Kier molecular flexibility index (Phi) is 14.5. The maximum Gasteiger partial charge on any atom is 0.290 e. The monoisotopic (exact) mass is 501 g/mol. The zero-order valence-electron chi connectivity index (χ0n) is 21.9. The number of pyridine rings is 1.